The van der Waals surface area contributed by atoms with Crippen LogP contribution in [0.1, 0.15) is 30.4 Å². The molecule has 2 N–H and O–H groups in total. The number of piperidine rings is 1. The molecule has 0 aliphatic carbocycles. The molecule has 0 saturated carbocycles. The van der Waals surface area contributed by atoms with E-state index in [4.69, 9.17) is 15.2 Å². The quantitative estimate of drug-likeness (QED) is 0.725. The summed E-state index contributed by atoms with van der Waals surface area (Å²) in [7, 11) is 0. The number of hydrogen-bond donors (Lipinski definition) is 1. The van der Waals surface area contributed by atoms with E-state index in [1.165, 1.54) is 0 Å². The minimum Gasteiger partial charge on any atom is -0.460 e. The third-order valence-corrected chi connectivity index (χ3v) is 5.19. The van der Waals surface area contributed by atoms with E-state index >= 15 is 0 Å². The van der Waals surface area contributed by atoms with Crippen LogP contribution >= 0.6 is 0 Å². The molecule has 0 unspecified atom stereocenters. The number of carbonyl (C=O) groups excluding carboxylic acids is 2. The molecule has 0 bridgehead atoms. The summed E-state index contributed by atoms with van der Waals surface area (Å²) in [5.41, 5.74) is 7.95. The average Bonchev–Trinajstić information content (AvgIpc) is 2.77. The summed E-state index contributed by atoms with van der Waals surface area (Å²) < 4.78 is 10.7. The lowest BCUT2D eigenvalue weighted by molar-refractivity contribution is -0.147. The second kappa shape index (κ2) is 10.6. The van der Waals surface area contributed by atoms with Gasteiger partial charge >= 0.3 is 12.1 Å². The molecule has 3 rings (SSSR count). The normalized spacial score (nSPS) is 15.6. The smallest absolute Gasteiger partial charge is 0.410 e. The molecule has 29 heavy (non-hydrogen) atoms. The largest absolute Gasteiger partial charge is 0.460 e. The molecule has 1 aliphatic heterocycles. The van der Waals surface area contributed by atoms with E-state index < -0.39 is 6.04 Å². The molecule has 0 aromatic heterocycles. The molecule has 6 nitrogen and oxygen atoms in total. The van der Waals surface area contributed by atoms with Gasteiger partial charge in [-0.15, -0.1) is 0 Å². The average molecular weight is 396 g/mol. The van der Waals surface area contributed by atoms with Gasteiger partial charge in [0.1, 0.15) is 19.3 Å². The van der Waals surface area contributed by atoms with Crippen molar-refractivity contribution in [3.63, 3.8) is 0 Å². The standard InChI is InChI=1S/C23H28N2O4/c24-21(22(26)28-16-19-7-3-1-4-8-19)15-18-11-13-25(14-12-18)23(27)29-17-20-9-5-2-6-10-20/h1-10,18,21H,11-17,24H2/t21-/m0/s1. The Kier molecular flexibility index (Phi) is 7.64. The minimum absolute atomic E-state index is 0.235. The SMILES string of the molecule is N[C@@H](CC1CCN(C(=O)OCc2ccccc2)CC1)C(=O)OCc1ccccc1. The molecule has 1 fully saturated rings. The summed E-state index contributed by atoms with van der Waals surface area (Å²) in [6.07, 6.45) is 1.89. The topological polar surface area (TPSA) is 81.9 Å². The van der Waals surface area contributed by atoms with Crippen LogP contribution in [0.15, 0.2) is 60.7 Å². The summed E-state index contributed by atoms with van der Waals surface area (Å²) in [4.78, 5) is 26.1. The number of ether oxygens (including phenoxy) is 2. The van der Waals surface area contributed by atoms with Gasteiger partial charge in [-0.1, -0.05) is 60.7 Å². The van der Waals surface area contributed by atoms with E-state index in [9.17, 15) is 9.59 Å². The maximum Gasteiger partial charge on any atom is 0.410 e. The van der Waals surface area contributed by atoms with Gasteiger partial charge in [-0.05, 0) is 36.3 Å². The Labute approximate surface area is 171 Å². The van der Waals surface area contributed by atoms with E-state index in [1.807, 2.05) is 60.7 Å². The van der Waals surface area contributed by atoms with E-state index in [0.717, 1.165) is 24.0 Å². The van der Waals surface area contributed by atoms with Crippen LogP contribution in [0.5, 0.6) is 0 Å². The van der Waals surface area contributed by atoms with Crippen LogP contribution in [-0.4, -0.2) is 36.1 Å². The zero-order valence-corrected chi connectivity index (χ0v) is 16.5. The molecule has 1 heterocycles. The molecule has 1 saturated heterocycles. The van der Waals surface area contributed by atoms with E-state index in [1.54, 1.807) is 4.90 Å². The summed E-state index contributed by atoms with van der Waals surface area (Å²) in [6, 6.07) is 18.5. The Morgan fingerprint density at radius 3 is 1.97 bits per heavy atom. The molecule has 1 atom stereocenters. The summed E-state index contributed by atoms with van der Waals surface area (Å²) in [5, 5.41) is 0. The zero-order valence-electron chi connectivity index (χ0n) is 16.5. The molecule has 0 radical (unpaired) electrons. The van der Waals surface area contributed by atoms with Crippen molar-refractivity contribution in [2.75, 3.05) is 13.1 Å². The van der Waals surface area contributed by atoms with Gasteiger partial charge in [0.05, 0.1) is 0 Å². The van der Waals surface area contributed by atoms with Crippen LogP contribution in [-0.2, 0) is 27.5 Å². The number of benzene rings is 2. The van der Waals surface area contributed by atoms with Gasteiger partial charge in [0.25, 0.3) is 0 Å². The van der Waals surface area contributed by atoms with Gasteiger partial charge in [0, 0.05) is 13.1 Å². The predicted octanol–water partition coefficient (Wildman–Crippen LogP) is 3.50. The van der Waals surface area contributed by atoms with Crippen molar-refractivity contribution in [2.45, 2.75) is 38.5 Å². The van der Waals surface area contributed by atoms with Gasteiger partial charge in [-0.2, -0.15) is 0 Å². The van der Waals surface area contributed by atoms with Gasteiger partial charge in [0.15, 0.2) is 0 Å². The van der Waals surface area contributed by atoms with Gasteiger partial charge in [-0.25, -0.2) is 4.79 Å². The number of nitrogens with zero attached hydrogens (tertiary/aromatic N) is 1. The molecule has 0 spiro atoms. The number of hydrogen-bond acceptors (Lipinski definition) is 5. The van der Waals surface area contributed by atoms with Crippen molar-refractivity contribution in [1.82, 2.24) is 4.90 Å². The van der Waals surface area contributed by atoms with Crippen LogP contribution in [0.2, 0.25) is 0 Å². The Hall–Kier alpha value is -2.86. The van der Waals surface area contributed by atoms with E-state index in [-0.39, 0.29) is 25.3 Å². The van der Waals surface area contributed by atoms with Crippen molar-refractivity contribution in [2.24, 2.45) is 11.7 Å². The lowest BCUT2D eigenvalue weighted by Gasteiger charge is -2.32. The fourth-order valence-corrected chi connectivity index (χ4v) is 3.45. The van der Waals surface area contributed by atoms with Gasteiger partial charge in [-0.3, -0.25) is 4.79 Å². The highest BCUT2D eigenvalue weighted by Gasteiger charge is 2.27. The van der Waals surface area contributed by atoms with E-state index in [0.29, 0.717) is 25.4 Å². The summed E-state index contributed by atoms with van der Waals surface area (Å²) in [5.74, 6) is -0.0778. The highest BCUT2D eigenvalue weighted by Crippen LogP contribution is 2.22. The third-order valence-electron chi connectivity index (χ3n) is 5.19. The number of carbonyl (C=O) groups is 2. The number of esters is 1. The van der Waals surface area contributed by atoms with E-state index in [2.05, 4.69) is 0 Å². The highest BCUT2D eigenvalue weighted by molar-refractivity contribution is 5.75. The fourth-order valence-electron chi connectivity index (χ4n) is 3.45. The first-order valence-corrected chi connectivity index (χ1v) is 10.0. The molecular weight excluding hydrogens is 368 g/mol. The number of rotatable bonds is 7. The molecular formula is C23H28N2O4. The molecule has 1 amide bonds. The van der Waals surface area contributed by atoms with Crippen molar-refractivity contribution < 1.29 is 19.1 Å². The van der Waals surface area contributed by atoms with Gasteiger partial charge < -0.3 is 20.1 Å². The molecule has 2 aromatic carbocycles. The van der Waals surface area contributed by atoms with Crippen molar-refractivity contribution in [3.05, 3.63) is 71.8 Å². The molecule has 2 aromatic rings. The minimum atomic E-state index is -0.639. The van der Waals surface area contributed by atoms with Crippen LogP contribution in [0, 0.1) is 5.92 Å². The first-order chi connectivity index (χ1) is 14.1. The van der Waals surface area contributed by atoms with Crippen molar-refractivity contribution in [1.29, 1.82) is 0 Å². The summed E-state index contributed by atoms with van der Waals surface area (Å²) >= 11 is 0. The Bertz CT molecular complexity index is 774. The lowest BCUT2D eigenvalue weighted by atomic mass is 9.90. The Balaban J connectivity index is 1.35. The van der Waals surface area contributed by atoms with Crippen LogP contribution < -0.4 is 5.73 Å². The van der Waals surface area contributed by atoms with Crippen LogP contribution in [0.3, 0.4) is 0 Å². The van der Waals surface area contributed by atoms with Crippen molar-refractivity contribution >= 4 is 12.1 Å². The zero-order chi connectivity index (χ0) is 20.5. The number of nitrogens with two attached hydrogens (primary N) is 1. The highest BCUT2D eigenvalue weighted by atomic mass is 16.6. The van der Waals surface area contributed by atoms with Crippen LogP contribution in [0.25, 0.3) is 0 Å². The molecule has 1 aliphatic rings. The lowest BCUT2D eigenvalue weighted by Crippen LogP contribution is -2.41. The monoisotopic (exact) mass is 396 g/mol. The van der Waals surface area contributed by atoms with Gasteiger partial charge in [0.2, 0.25) is 0 Å². The second-order valence-corrected chi connectivity index (χ2v) is 7.41. The fraction of sp³-hybridized carbons (Fsp3) is 0.391. The Morgan fingerprint density at radius 2 is 1.41 bits per heavy atom. The predicted molar refractivity (Wildman–Crippen MR) is 110 cm³/mol. The third kappa shape index (κ3) is 6.61. The van der Waals surface area contributed by atoms with Crippen LogP contribution in [0.4, 0.5) is 4.79 Å². The molecule has 154 valence electrons. The maximum atomic E-state index is 12.2. The molecule has 6 heteroatoms. The Morgan fingerprint density at radius 1 is 0.897 bits per heavy atom. The number of amides is 1. The number of likely N-dealkylation sites (tertiary alicyclic amines) is 1. The first kappa shape index (κ1) is 20.9. The summed E-state index contributed by atoms with van der Waals surface area (Å²) in [6.45, 7) is 1.74. The second-order valence-electron chi connectivity index (χ2n) is 7.41. The maximum absolute atomic E-state index is 12.2. The first-order valence-electron chi connectivity index (χ1n) is 10.0. The van der Waals surface area contributed by atoms with Crippen molar-refractivity contribution in [3.8, 4) is 0 Å².